The van der Waals surface area contributed by atoms with Crippen molar-refractivity contribution >= 4 is 40.6 Å². The average Bonchev–Trinajstić information content (AvgIpc) is 3.47. The fraction of sp³-hybridized carbons (Fsp3) is 0.421. The van der Waals surface area contributed by atoms with Crippen molar-refractivity contribution in [3.05, 3.63) is 24.8 Å². The summed E-state index contributed by atoms with van der Waals surface area (Å²) in [5, 5.41) is 25.8. The fourth-order valence-electron chi connectivity index (χ4n) is 3.60. The number of imide groups is 1. The van der Waals surface area contributed by atoms with Gasteiger partial charge < -0.3 is 31.3 Å². The van der Waals surface area contributed by atoms with Gasteiger partial charge in [-0.25, -0.2) is 15.0 Å². The van der Waals surface area contributed by atoms with Gasteiger partial charge in [-0.15, -0.1) is 0 Å². The molecule has 2 aromatic heterocycles. The van der Waals surface area contributed by atoms with Crippen LogP contribution in [0.5, 0.6) is 0 Å². The van der Waals surface area contributed by atoms with Gasteiger partial charge in [0.15, 0.2) is 23.8 Å². The number of aromatic nitrogens is 4. The number of carbonyl (C=O) groups excluding carboxylic acids is 4. The molecule has 1 saturated heterocycles. The Bertz CT molecular complexity index is 1150. The van der Waals surface area contributed by atoms with Gasteiger partial charge in [0.1, 0.15) is 24.1 Å². The average molecular weight is 474 g/mol. The van der Waals surface area contributed by atoms with Crippen LogP contribution in [0.3, 0.4) is 0 Å². The van der Waals surface area contributed by atoms with Crippen LogP contribution in [0.25, 0.3) is 11.2 Å². The molecule has 4 atom stereocenters. The monoisotopic (exact) mass is 474 g/mol. The molecule has 0 aliphatic carbocycles. The predicted octanol–water partition coefficient (Wildman–Crippen LogP) is -3.42. The maximum atomic E-state index is 12.5. The third-order valence-electron chi connectivity index (χ3n) is 5.37. The number of aliphatic hydroxyl groups excluding tert-OH is 2. The van der Waals surface area contributed by atoms with Crippen LogP contribution in [0, 0.1) is 0 Å². The summed E-state index contributed by atoms with van der Waals surface area (Å²) in [6, 6.07) is 0. The van der Waals surface area contributed by atoms with Gasteiger partial charge in [0.05, 0.1) is 6.33 Å². The van der Waals surface area contributed by atoms with Crippen molar-refractivity contribution in [2.45, 2.75) is 31.0 Å². The SMILES string of the molecule is Nc1ncnc2c1ncn2[C@@H]1O[C@H](C(=O)NCCNC(=O)CCN2C(=O)C=CC2=O)[C@@H](O)[C@H]1O. The molecule has 0 aromatic carbocycles. The molecule has 34 heavy (non-hydrogen) atoms. The Hall–Kier alpha value is -3.95. The van der Waals surface area contributed by atoms with Crippen molar-refractivity contribution in [2.24, 2.45) is 0 Å². The lowest BCUT2D eigenvalue weighted by atomic mass is 10.1. The molecule has 15 heteroatoms. The highest BCUT2D eigenvalue weighted by atomic mass is 16.6. The number of carbonyl (C=O) groups is 4. The zero-order valence-electron chi connectivity index (χ0n) is 17.7. The van der Waals surface area contributed by atoms with Crippen LogP contribution in [0.15, 0.2) is 24.8 Å². The minimum Gasteiger partial charge on any atom is -0.387 e. The molecule has 2 aliphatic heterocycles. The van der Waals surface area contributed by atoms with Gasteiger partial charge >= 0.3 is 0 Å². The zero-order chi connectivity index (χ0) is 24.4. The molecule has 4 rings (SSSR count). The maximum absolute atomic E-state index is 12.5. The summed E-state index contributed by atoms with van der Waals surface area (Å²) >= 11 is 0. The molecular formula is C19H22N8O7. The van der Waals surface area contributed by atoms with Crippen molar-refractivity contribution in [2.75, 3.05) is 25.4 Å². The highest BCUT2D eigenvalue weighted by Crippen LogP contribution is 2.32. The smallest absolute Gasteiger partial charge is 0.253 e. The van der Waals surface area contributed by atoms with Gasteiger partial charge in [0.25, 0.3) is 17.7 Å². The first-order chi connectivity index (χ1) is 16.3. The summed E-state index contributed by atoms with van der Waals surface area (Å²) in [7, 11) is 0. The first kappa shape index (κ1) is 23.2. The second-order valence-corrected chi connectivity index (χ2v) is 7.56. The molecule has 4 heterocycles. The molecule has 4 amide bonds. The van der Waals surface area contributed by atoms with E-state index in [1.165, 1.54) is 17.2 Å². The van der Waals surface area contributed by atoms with Gasteiger partial charge in [0, 0.05) is 38.2 Å². The second-order valence-electron chi connectivity index (χ2n) is 7.56. The Morgan fingerprint density at radius 1 is 1.06 bits per heavy atom. The normalized spacial score (nSPS) is 24.2. The van der Waals surface area contributed by atoms with E-state index in [4.69, 9.17) is 10.5 Å². The van der Waals surface area contributed by atoms with Crippen LogP contribution in [0.2, 0.25) is 0 Å². The van der Waals surface area contributed by atoms with Gasteiger partial charge in [-0.2, -0.15) is 0 Å². The molecule has 2 aromatic rings. The number of fused-ring (bicyclic) bond motifs is 1. The van der Waals surface area contributed by atoms with Crippen molar-refractivity contribution in [1.82, 2.24) is 35.1 Å². The quantitative estimate of drug-likeness (QED) is 0.187. The molecular weight excluding hydrogens is 452 g/mol. The second kappa shape index (κ2) is 9.50. The number of hydrogen-bond acceptors (Lipinski definition) is 11. The highest BCUT2D eigenvalue weighted by Gasteiger charge is 2.47. The van der Waals surface area contributed by atoms with Gasteiger partial charge in [-0.3, -0.25) is 28.6 Å². The van der Waals surface area contributed by atoms with Crippen LogP contribution >= 0.6 is 0 Å². The molecule has 0 unspecified atom stereocenters. The Morgan fingerprint density at radius 3 is 2.50 bits per heavy atom. The third-order valence-corrected chi connectivity index (χ3v) is 5.37. The number of nitrogen functional groups attached to an aromatic ring is 1. The Kier molecular flexibility index (Phi) is 6.49. The largest absolute Gasteiger partial charge is 0.387 e. The number of anilines is 1. The third kappa shape index (κ3) is 4.43. The van der Waals surface area contributed by atoms with Crippen molar-refractivity contribution in [3.63, 3.8) is 0 Å². The van der Waals surface area contributed by atoms with Crippen molar-refractivity contribution < 1.29 is 34.1 Å². The van der Waals surface area contributed by atoms with Crippen LogP contribution in [-0.2, 0) is 23.9 Å². The summed E-state index contributed by atoms with van der Waals surface area (Å²) in [6.45, 7) is 0.0183. The van der Waals surface area contributed by atoms with E-state index < -0.39 is 48.2 Å². The molecule has 0 saturated carbocycles. The zero-order valence-corrected chi connectivity index (χ0v) is 17.7. The number of amides is 4. The van der Waals surface area contributed by atoms with Crippen LogP contribution in [0.4, 0.5) is 5.82 Å². The molecule has 15 nitrogen and oxygen atoms in total. The van der Waals surface area contributed by atoms with E-state index in [9.17, 15) is 29.4 Å². The maximum Gasteiger partial charge on any atom is 0.253 e. The number of imidazole rings is 1. The summed E-state index contributed by atoms with van der Waals surface area (Å²) in [4.78, 5) is 60.2. The molecule has 180 valence electrons. The molecule has 2 aliphatic rings. The van der Waals surface area contributed by atoms with Crippen LogP contribution in [-0.4, -0.2) is 96.2 Å². The molecule has 6 N–H and O–H groups in total. The molecule has 0 bridgehead atoms. The lowest BCUT2D eigenvalue weighted by Gasteiger charge is -2.16. The molecule has 0 spiro atoms. The predicted molar refractivity (Wildman–Crippen MR) is 112 cm³/mol. The van der Waals surface area contributed by atoms with E-state index in [2.05, 4.69) is 25.6 Å². The summed E-state index contributed by atoms with van der Waals surface area (Å²) < 4.78 is 6.93. The summed E-state index contributed by atoms with van der Waals surface area (Å²) in [5.74, 6) is -1.92. The molecule has 1 fully saturated rings. The Labute approximate surface area is 191 Å². The number of nitrogens with one attached hydrogen (secondary N) is 2. The van der Waals surface area contributed by atoms with Crippen LogP contribution in [0.1, 0.15) is 12.6 Å². The lowest BCUT2D eigenvalue weighted by Crippen LogP contribution is -2.45. The van der Waals surface area contributed by atoms with Crippen LogP contribution < -0.4 is 16.4 Å². The molecule has 0 radical (unpaired) electrons. The number of aliphatic hydroxyl groups is 2. The summed E-state index contributed by atoms with van der Waals surface area (Å²) in [6.07, 6.45) is -0.796. The van der Waals surface area contributed by atoms with E-state index in [1.54, 1.807) is 0 Å². The van der Waals surface area contributed by atoms with E-state index in [1.807, 2.05) is 0 Å². The van der Waals surface area contributed by atoms with Gasteiger partial charge in [-0.05, 0) is 0 Å². The minimum absolute atomic E-state index is 0.0127. The van der Waals surface area contributed by atoms with Crippen molar-refractivity contribution in [3.8, 4) is 0 Å². The number of nitrogens with two attached hydrogens (primary N) is 1. The summed E-state index contributed by atoms with van der Waals surface area (Å²) in [5.41, 5.74) is 6.30. The number of rotatable bonds is 8. The number of nitrogens with zero attached hydrogens (tertiary/aromatic N) is 5. The van der Waals surface area contributed by atoms with Crippen molar-refractivity contribution in [1.29, 1.82) is 0 Å². The Morgan fingerprint density at radius 2 is 1.76 bits per heavy atom. The number of ether oxygens (including phenoxy) is 1. The topological polar surface area (TPSA) is 215 Å². The first-order valence-electron chi connectivity index (χ1n) is 10.3. The minimum atomic E-state index is -1.53. The standard InChI is InChI=1S/C19H22N8O7/c20-16-12-17(24-7-23-16)27(8-25-12)19-14(32)13(31)15(34-19)18(33)22-5-4-21-9(28)3-6-26-10(29)1-2-11(26)30/h1-2,7-8,13-15,19,31-32H,3-6H2,(H,21,28)(H,22,33)(H2,20,23,24)/t13-,14+,15-,19+/m0/s1. The Balaban J connectivity index is 1.25. The van der Waals surface area contributed by atoms with E-state index in [0.29, 0.717) is 0 Å². The van der Waals surface area contributed by atoms with Gasteiger partial charge in [0.2, 0.25) is 5.91 Å². The van der Waals surface area contributed by atoms with E-state index in [0.717, 1.165) is 17.1 Å². The van der Waals surface area contributed by atoms with Gasteiger partial charge in [-0.1, -0.05) is 0 Å². The fourth-order valence-corrected chi connectivity index (χ4v) is 3.60. The van der Waals surface area contributed by atoms with E-state index in [-0.39, 0.29) is 43.0 Å². The highest BCUT2D eigenvalue weighted by molar-refractivity contribution is 6.13. The first-order valence-corrected chi connectivity index (χ1v) is 10.3. The number of hydrogen-bond donors (Lipinski definition) is 5. The van der Waals surface area contributed by atoms with E-state index >= 15 is 0 Å². The lowest BCUT2D eigenvalue weighted by molar-refractivity contribution is -0.138.